The van der Waals surface area contributed by atoms with Crippen molar-refractivity contribution in [3.63, 3.8) is 0 Å². The molecule has 1 atom stereocenters. The van der Waals surface area contributed by atoms with Crippen molar-refractivity contribution in [2.75, 3.05) is 14.1 Å². The van der Waals surface area contributed by atoms with Gasteiger partial charge in [-0.05, 0) is 18.9 Å². The average Bonchev–Trinajstić information content (AvgIpc) is 2.17. The van der Waals surface area contributed by atoms with Crippen LogP contribution in [0.25, 0.3) is 0 Å². The molecule has 0 aliphatic rings. The first kappa shape index (κ1) is 13.2. The molecule has 5 heteroatoms. The molecule has 0 bridgehead atoms. The minimum absolute atomic E-state index is 0.116. The Hall–Kier alpha value is -0.910. The van der Waals surface area contributed by atoms with Crippen molar-refractivity contribution >= 4 is 10.2 Å². The summed E-state index contributed by atoms with van der Waals surface area (Å²) in [6.45, 7) is 1.86. The molecule has 0 saturated carbocycles. The predicted molar refractivity (Wildman–Crippen MR) is 65.4 cm³/mol. The summed E-state index contributed by atoms with van der Waals surface area (Å²) < 4.78 is 26.9. The van der Waals surface area contributed by atoms with Gasteiger partial charge in [0.15, 0.2) is 0 Å². The Balaban J connectivity index is 2.58. The third-order valence-electron chi connectivity index (χ3n) is 2.22. The van der Waals surface area contributed by atoms with Crippen molar-refractivity contribution < 1.29 is 8.42 Å². The third kappa shape index (κ3) is 3.92. The third-order valence-corrected chi connectivity index (χ3v) is 3.88. The van der Waals surface area contributed by atoms with Gasteiger partial charge >= 0.3 is 0 Å². The number of benzene rings is 1. The topological polar surface area (TPSA) is 49.4 Å². The zero-order chi connectivity index (χ0) is 12.2. The van der Waals surface area contributed by atoms with E-state index in [1.54, 1.807) is 0 Å². The molecule has 1 aromatic carbocycles. The minimum Gasteiger partial charge on any atom is -0.199 e. The fourth-order valence-electron chi connectivity index (χ4n) is 1.37. The molecular weight excluding hydrogens is 224 g/mol. The molecule has 0 saturated heterocycles. The monoisotopic (exact) mass is 242 g/mol. The minimum atomic E-state index is -3.33. The molecule has 0 aliphatic carbocycles. The maximum atomic E-state index is 11.5. The summed E-state index contributed by atoms with van der Waals surface area (Å²) in [5.74, 6) is 0. The molecule has 0 aromatic heterocycles. The van der Waals surface area contributed by atoms with Crippen LogP contribution in [0.4, 0.5) is 0 Å². The Morgan fingerprint density at radius 2 is 1.81 bits per heavy atom. The van der Waals surface area contributed by atoms with E-state index < -0.39 is 10.2 Å². The summed E-state index contributed by atoms with van der Waals surface area (Å²) in [6, 6.07) is 9.69. The fraction of sp³-hybridized carbons (Fsp3) is 0.455. The van der Waals surface area contributed by atoms with Gasteiger partial charge in [-0.1, -0.05) is 30.3 Å². The second kappa shape index (κ2) is 5.43. The SMILES string of the molecule is C[C@@H](Cc1ccccc1)NS(=O)(=O)N(C)C. The van der Waals surface area contributed by atoms with Crippen LogP contribution in [0.2, 0.25) is 0 Å². The van der Waals surface area contributed by atoms with Crippen LogP contribution < -0.4 is 4.72 Å². The van der Waals surface area contributed by atoms with E-state index in [1.807, 2.05) is 37.3 Å². The molecule has 0 fully saturated rings. The zero-order valence-corrected chi connectivity index (χ0v) is 10.7. The van der Waals surface area contributed by atoms with Gasteiger partial charge in [-0.2, -0.15) is 17.4 Å². The van der Waals surface area contributed by atoms with Gasteiger partial charge in [-0.3, -0.25) is 0 Å². The molecule has 0 radical (unpaired) electrons. The standard InChI is InChI=1S/C11H18N2O2S/c1-10(12-16(14,15)13(2)3)9-11-7-5-4-6-8-11/h4-8,10,12H,9H2,1-3H3/t10-/m0/s1. The molecule has 0 amide bonds. The maximum absolute atomic E-state index is 11.5. The van der Waals surface area contributed by atoms with Crippen LogP contribution >= 0.6 is 0 Å². The van der Waals surface area contributed by atoms with E-state index in [-0.39, 0.29) is 6.04 Å². The van der Waals surface area contributed by atoms with Gasteiger partial charge in [-0.15, -0.1) is 0 Å². The Morgan fingerprint density at radius 1 is 1.25 bits per heavy atom. The molecule has 1 N–H and O–H groups in total. The molecule has 1 rings (SSSR count). The normalized spacial score (nSPS) is 14.0. The van der Waals surface area contributed by atoms with E-state index in [9.17, 15) is 8.42 Å². The summed E-state index contributed by atoms with van der Waals surface area (Å²) in [7, 11) is -0.311. The number of nitrogens with zero attached hydrogens (tertiary/aromatic N) is 1. The summed E-state index contributed by atoms with van der Waals surface area (Å²) in [5, 5.41) is 0. The summed E-state index contributed by atoms with van der Waals surface area (Å²) in [4.78, 5) is 0. The fourth-order valence-corrected chi connectivity index (χ4v) is 2.17. The Labute approximate surface area is 97.5 Å². The smallest absolute Gasteiger partial charge is 0.199 e. The summed E-state index contributed by atoms with van der Waals surface area (Å²) in [5.41, 5.74) is 1.12. The first-order chi connectivity index (χ1) is 7.42. The number of hydrogen-bond donors (Lipinski definition) is 1. The predicted octanol–water partition coefficient (Wildman–Crippen LogP) is 1.01. The lowest BCUT2D eigenvalue weighted by Gasteiger charge is -2.17. The highest BCUT2D eigenvalue weighted by Crippen LogP contribution is 2.04. The number of rotatable bonds is 5. The second-order valence-electron chi connectivity index (χ2n) is 4.00. The van der Waals surface area contributed by atoms with E-state index in [2.05, 4.69) is 4.72 Å². The van der Waals surface area contributed by atoms with Gasteiger partial charge in [0.05, 0.1) is 0 Å². The molecule has 0 heterocycles. The molecular formula is C11H18N2O2S. The van der Waals surface area contributed by atoms with Gasteiger partial charge in [0.2, 0.25) is 0 Å². The number of hydrogen-bond acceptors (Lipinski definition) is 2. The quantitative estimate of drug-likeness (QED) is 0.838. The van der Waals surface area contributed by atoms with E-state index in [1.165, 1.54) is 18.4 Å². The van der Waals surface area contributed by atoms with Crippen LogP contribution in [-0.4, -0.2) is 32.9 Å². The van der Waals surface area contributed by atoms with E-state index in [0.717, 1.165) is 5.56 Å². The van der Waals surface area contributed by atoms with Gasteiger partial charge in [0.1, 0.15) is 0 Å². The first-order valence-electron chi connectivity index (χ1n) is 5.15. The zero-order valence-electron chi connectivity index (χ0n) is 9.84. The summed E-state index contributed by atoms with van der Waals surface area (Å²) >= 11 is 0. The van der Waals surface area contributed by atoms with Crippen LogP contribution in [0.5, 0.6) is 0 Å². The van der Waals surface area contributed by atoms with Crippen molar-refractivity contribution in [3.8, 4) is 0 Å². The van der Waals surface area contributed by atoms with Crippen LogP contribution in [0.3, 0.4) is 0 Å². The van der Waals surface area contributed by atoms with E-state index in [0.29, 0.717) is 6.42 Å². The molecule has 0 unspecified atom stereocenters. The first-order valence-corrected chi connectivity index (χ1v) is 6.59. The Kier molecular flexibility index (Phi) is 4.46. The van der Waals surface area contributed by atoms with Crippen molar-refractivity contribution in [2.24, 2.45) is 0 Å². The molecule has 1 aromatic rings. The van der Waals surface area contributed by atoms with Crippen LogP contribution in [-0.2, 0) is 16.6 Å². The van der Waals surface area contributed by atoms with Crippen molar-refractivity contribution in [1.29, 1.82) is 0 Å². The largest absolute Gasteiger partial charge is 0.279 e. The molecule has 4 nitrogen and oxygen atoms in total. The van der Waals surface area contributed by atoms with Gasteiger partial charge in [0.25, 0.3) is 10.2 Å². The van der Waals surface area contributed by atoms with Crippen LogP contribution in [0, 0.1) is 0 Å². The van der Waals surface area contributed by atoms with Gasteiger partial charge in [0, 0.05) is 20.1 Å². The Bertz CT molecular complexity index is 415. The highest BCUT2D eigenvalue weighted by Gasteiger charge is 2.16. The van der Waals surface area contributed by atoms with Crippen molar-refractivity contribution in [1.82, 2.24) is 9.03 Å². The second-order valence-corrected chi connectivity index (χ2v) is 5.91. The van der Waals surface area contributed by atoms with Crippen molar-refractivity contribution in [2.45, 2.75) is 19.4 Å². The van der Waals surface area contributed by atoms with Crippen molar-refractivity contribution in [3.05, 3.63) is 35.9 Å². The molecule has 16 heavy (non-hydrogen) atoms. The Morgan fingerprint density at radius 3 is 2.31 bits per heavy atom. The van der Waals surface area contributed by atoms with E-state index in [4.69, 9.17) is 0 Å². The summed E-state index contributed by atoms with van der Waals surface area (Å²) in [6.07, 6.45) is 0.688. The highest BCUT2D eigenvalue weighted by atomic mass is 32.2. The van der Waals surface area contributed by atoms with Gasteiger partial charge in [-0.25, -0.2) is 0 Å². The van der Waals surface area contributed by atoms with E-state index >= 15 is 0 Å². The maximum Gasteiger partial charge on any atom is 0.279 e. The van der Waals surface area contributed by atoms with Gasteiger partial charge < -0.3 is 0 Å². The highest BCUT2D eigenvalue weighted by molar-refractivity contribution is 7.87. The van der Waals surface area contributed by atoms with Crippen LogP contribution in [0.1, 0.15) is 12.5 Å². The lowest BCUT2D eigenvalue weighted by molar-refractivity contribution is 0.491. The lowest BCUT2D eigenvalue weighted by atomic mass is 10.1. The lowest BCUT2D eigenvalue weighted by Crippen LogP contribution is -2.41. The molecule has 90 valence electrons. The molecule has 0 spiro atoms. The number of nitrogens with one attached hydrogen (secondary N) is 1. The molecule has 0 aliphatic heterocycles. The average molecular weight is 242 g/mol. The van der Waals surface area contributed by atoms with Crippen LogP contribution in [0.15, 0.2) is 30.3 Å².